The number of piperidine rings is 1. The summed E-state index contributed by atoms with van der Waals surface area (Å²) < 4.78 is 15.8. The molecule has 3 rings (SSSR count). The molecule has 2 aliphatic rings. The zero-order valence-electron chi connectivity index (χ0n) is 17.8. The maximum Gasteiger partial charge on any atom is 0.255 e. The van der Waals surface area contributed by atoms with Crippen LogP contribution in [-0.2, 0) is 35.1 Å². The number of imide groups is 1. The van der Waals surface area contributed by atoms with Gasteiger partial charge in [-0.2, -0.15) is 0 Å². The third kappa shape index (κ3) is 6.33. The van der Waals surface area contributed by atoms with E-state index in [1.165, 1.54) is 4.90 Å². The molecule has 1 atom stereocenters. The molecule has 0 bridgehead atoms. The summed E-state index contributed by atoms with van der Waals surface area (Å²) in [6, 6.07) is 4.29. The van der Waals surface area contributed by atoms with Crippen LogP contribution < -0.4 is 16.4 Å². The van der Waals surface area contributed by atoms with E-state index in [4.69, 9.17) is 19.9 Å². The Morgan fingerprint density at radius 2 is 1.81 bits per heavy atom. The molecule has 32 heavy (non-hydrogen) atoms. The van der Waals surface area contributed by atoms with E-state index in [1.807, 2.05) is 0 Å². The molecule has 0 radical (unpaired) electrons. The van der Waals surface area contributed by atoms with Crippen LogP contribution in [0.5, 0.6) is 0 Å². The van der Waals surface area contributed by atoms with Crippen molar-refractivity contribution in [3.8, 4) is 0 Å². The van der Waals surface area contributed by atoms with E-state index in [2.05, 4.69) is 10.6 Å². The lowest BCUT2D eigenvalue weighted by Gasteiger charge is -2.29. The van der Waals surface area contributed by atoms with Crippen molar-refractivity contribution < 1.29 is 33.4 Å². The zero-order valence-corrected chi connectivity index (χ0v) is 17.8. The number of nitrogens with zero attached hydrogens (tertiary/aromatic N) is 1. The number of nitrogens with two attached hydrogens (primary N) is 1. The fourth-order valence-corrected chi connectivity index (χ4v) is 3.54. The van der Waals surface area contributed by atoms with Crippen LogP contribution in [0.15, 0.2) is 18.2 Å². The van der Waals surface area contributed by atoms with Crippen molar-refractivity contribution in [3.05, 3.63) is 29.3 Å². The van der Waals surface area contributed by atoms with Crippen molar-refractivity contribution in [2.45, 2.75) is 25.4 Å². The number of hydrogen-bond acceptors (Lipinski definition) is 8. The Bertz CT molecular complexity index is 861. The van der Waals surface area contributed by atoms with Crippen molar-refractivity contribution >= 4 is 29.3 Å². The van der Waals surface area contributed by atoms with Gasteiger partial charge in [0.05, 0.1) is 33.0 Å². The van der Waals surface area contributed by atoms with E-state index >= 15 is 0 Å². The quantitative estimate of drug-likeness (QED) is 0.283. The monoisotopic (exact) mass is 448 g/mol. The van der Waals surface area contributed by atoms with Crippen molar-refractivity contribution in [1.29, 1.82) is 0 Å². The van der Waals surface area contributed by atoms with Gasteiger partial charge in [-0.05, 0) is 30.2 Å². The van der Waals surface area contributed by atoms with E-state index in [0.29, 0.717) is 56.2 Å². The Labute approximate surface area is 185 Å². The number of rotatable bonds is 12. The van der Waals surface area contributed by atoms with E-state index in [9.17, 15) is 19.2 Å². The van der Waals surface area contributed by atoms with Gasteiger partial charge >= 0.3 is 0 Å². The lowest BCUT2D eigenvalue weighted by Crippen LogP contribution is -2.52. The Morgan fingerprint density at radius 1 is 1.09 bits per heavy atom. The van der Waals surface area contributed by atoms with Gasteiger partial charge in [0.25, 0.3) is 5.91 Å². The lowest BCUT2D eigenvalue weighted by atomic mass is 10.0. The Balaban J connectivity index is 1.41. The SMILES string of the molecule is NCCOCCOCCOCC(=O)Nc1ccc2c(c1)CN(C1CCC(=O)NC1=O)C2=O. The first-order valence-corrected chi connectivity index (χ1v) is 10.5. The molecule has 2 aliphatic heterocycles. The van der Waals surface area contributed by atoms with E-state index < -0.39 is 11.9 Å². The maximum atomic E-state index is 12.7. The highest BCUT2D eigenvalue weighted by Gasteiger charge is 2.39. The molecule has 1 aromatic rings. The summed E-state index contributed by atoms with van der Waals surface area (Å²) in [4.78, 5) is 49.7. The first-order chi connectivity index (χ1) is 15.5. The smallest absolute Gasteiger partial charge is 0.255 e. The van der Waals surface area contributed by atoms with Crippen molar-refractivity contribution in [2.24, 2.45) is 5.73 Å². The van der Waals surface area contributed by atoms with Crippen LogP contribution in [-0.4, -0.2) is 80.8 Å². The minimum absolute atomic E-state index is 0.133. The fourth-order valence-electron chi connectivity index (χ4n) is 3.54. The number of amides is 4. The second-order valence-corrected chi connectivity index (χ2v) is 7.39. The molecule has 0 aromatic heterocycles. The topological polar surface area (TPSA) is 149 Å². The molecule has 11 heteroatoms. The lowest BCUT2D eigenvalue weighted by molar-refractivity contribution is -0.137. The van der Waals surface area contributed by atoms with Gasteiger partial charge in [-0.15, -0.1) is 0 Å². The van der Waals surface area contributed by atoms with Gasteiger partial charge in [0.2, 0.25) is 17.7 Å². The van der Waals surface area contributed by atoms with Crippen LogP contribution in [0.4, 0.5) is 5.69 Å². The molecule has 11 nitrogen and oxygen atoms in total. The minimum Gasteiger partial charge on any atom is -0.378 e. The molecule has 0 spiro atoms. The summed E-state index contributed by atoms with van der Waals surface area (Å²) in [5.74, 6) is -1.38. The van der Waals surface area contributed by atoms with E-state index in [1.54, 1.807) is 18.2 Å². The predicted molar refractivity (Wildman–Crippen MR) is 113 cm³/mol. The van der Waals surface area contributed by atoms with Crippen LogP contribution in [0.1, 0.15) is 28.8 Å². The predicted octanol–water partition coefficient (Wildman–Crippen LogP) is -0.605. The third-order valence-electron chi connectivity index (χ3n) is 5.05. The molecule has 1 saturated heterocycles. The molecule has 2 heterocycles. The Hall–Kier alpha value is -2.86. The van der Waals surface area contributed by atoms with Crippen LogP contribution >= 0.6 is 0 Å². The first kappa shape index (κ1) is 23.8. The van der Waals surface area contributed by atoms with E-state index in [0.717, 1.165) is 0 Å². The molecular weight excluding hydrogens is 420 g/mol. The second kappa shape index (κ2) is 11.7. The number of anilines is 1. The van der Waals surface area contributed by atoms with Crippen LogP contribution in [0.2, 0.25) is 0 Å². The molecule has 1 unspecified atom stereocenters. The largest absolute Gasteiger partial charge is 0.378 e. The highest BCUT2D eigenvalue weighted by atomic mass is 16.5. The molecule has 0 saturated carbocycles. The molecule has 0 aliphatic carbocycles. The number of hydrogen-bond donors (Lipinski definition) is 3. The first-order valence-electron chi connectivity index (χ1n) is 10.5. The maximum absolute atomic E-state index is 12.7. The summed E-state index contributed by atoms with van der Waals surface area (Å²) in [6.07, 6.45) is 0.501. The van der Waals surface area contributed by atoms with Crippen molar-refractivity contribution in [3.63, 3.8) is 0 Å². The van der Waals surface area contributed by atoms with Crippen LogP contribution in [0, 0.1) is 0 Å². The van der Waals surface area contributed by atoms with Gasteiger partial charge in [0.1, 0.15) is 12.6 Å². The zero-order chi connectivity index (χ0) is 22.9. The number of nitrogens with one attached hydrogen (secondary N) is 2. The third-order valence-corrected chi connectivity index (χ3v) is 5.05. The average Bonchev–Trinajstić information content (AvgIpc) is 3.08. The Morgan fingerprint density at radius 3 is 2.53 bits per heavy atom. The molecule has 1 fully saturated rings. The van der Waals surface area contributed by atoms with Gasteiger partial charge in [0.15, 0.2) is 0 Å². The average molecular weight is 448 g/mol. The number of carbonyl (C=O) groups is 4. The number of carbonyl (C=O) groups excluding carboxylic acids is 4. The van der Waals surface area contributed by atoms with Gasteiger partial charge in [-0.25, -0.2) is 0 Å². The van der Waals surface area contributed by atoms with Gasteiger partial charge in [-0.1, -0.05) is 0 Å². The minimum atomic E-state index is -0.673. The molecule has 4 amide bonds. The van der Waals surface area contributed by atoms with E-state index in [-0.39, 0.29) is 43.9 Å². The van der Waals surface area contributed by atoms with Gasteiger partial charge in [0, 0.05) is 30.8 Å². The van der Waals surface area contributed by atoms with Crippen molar-refractivity contribution in [2.75, 3.05) is 51.5 Å². The number of ether oxygens (including phenoxy) is 3. The number of fused-ring (bicyclic) bond motifs is 1. The van der Waals surface area contributed by atoms with Crippen molar-refractivity contribution in [1.82, 2.24) is 10.2 Å². The summed E-state index contributed by atoms with van der Waals surface area (Å²) >= 11 is 0. The normalized spacial score (nSPS) is 18.0. The molecular formula is C21H28N4O7. The summed E-state index contributed by atoms with van der Waals surface area (Å²) in [5, 5.41) is 5.00. The van der Waals surface area contributed by atoms with Gasteiger partial charge < -0.3 is 30.2 Å². The summed E-state index contributed by atoms with van der Waals surface area (Å²) in [5.41, 5.74) is 7.03. The molecule has 174 valence electrons. The highest BCUT2D eigenvalue weighted by Crippen LogP contribution is 2.29. The number of benzene rings is 1. The second-order valence-electron chi connectivity index (χ2n) is 7.39. The Kier molecular flexibility index (Phi) is 8.68. The standard InChI is InChI=1S/C21H28N4O7/c22-5-6-30-7-8-31-9-10-32-13-19(27)23-15-1-2-16-14(11-15)12-25(21(16)29)17-3-4-18(26)24-20(17)28/h1-2,11,17H,3-10,12-13,22H2,(H,23,27)(H,24,26,28). The molecule has 1 aromatic carbocycles. The highest BCUT2D eigenvalue weighted by molar-refractivity contribution is 6.05. The summed E-state index contributed by atoms with van der Waals surface area (Å²) in [6.45, 7) is 2.57. The molecule has 4 N–H and O–H groups in total. The van der Waals surface area contributed by atoms with Gasteiger partial charge in [-0.3, -0.25) is 24.5 Å². The summed E-state index contributed by atoms with van der Waals surface area (Å²) in [7, 11) is 0. The van der Waals surface area contributed by atoms with Crippen LogP contribution in [0.3, 0.4) is 0 Å². The fraction of sp³-hybridized carbons (Fsp3) is 0.524. The van der Waals surface area contributed by atoms with Crippen LogP contribution in [0.25, 0.3) is 0 Å².